The molecule has 0 fully saturated rings. The Balaban J connectivity index is 2.72. The average Bonchev–Trinajstić information content (AvgIpc) is 2.49. The first kappa shape index (κ1) is 19.6. The molecule has 2 aromatic carbocycles. The Kier molecular flexibility index (Phi) is 5.71. The van der Waals surface area contributed by atoms with Gasteiger partial charge in [0, 0.05) is 23.7 Å². The van der Waals surface area contributed by atoms with Gasteiger partial charge in [-0.05, 0) is 25.1 Å². The molecule has 134 valence electrons. The number of benzene rings is 2. The fourth-order valence-electron chi connectivity index (χ4n) is 2.34. The largest absolute Gasteiger partial charge is 0.418 e. The summed E-state index contributed by atoms with van der Waals surface area (Å²) in [4.78, 5) is 11.2. The van der Waals surface area contributed by atoms with Crippen LogP contribution in [0.15, 0.2) is 30.3 Å². The molecular weight excluding hydrogens is 404 g/mol. The van der Waals surface area contributed by atoms with Gasteiger partial charge >= 0.3 is 6.18 Å². The number of anilines is 2. The number of rotatable bonds is 4. The Morgan fingerprint density at radius 2 is 1.68 bits per heavy atom. The van der Waals surface area contributed by atoms with Gasteiger partial charge < -0.3 is 4.90 Å². The predicted molar refractivity (Wildman–Crippen MR) is 92.3 cm³/mol. The first-order chi connectivity index (χ1) is 11.6. The summed E-state index contributed by atoms with van der Waals surface area (Å²) >= 11 is 18.0. The quantitative estimate of drug-likeness (QED) is 0.412. The molecule has 0 unspecified atom stereocenters. The van der Waals surface area contributed by atoms with Crippen molar-refractivity contribution >= 4 is 51.9 Å². The van der Waals surface area contributed by atoms with Crippen LogP contribution in [0.1, 0.15) is 12.5 Å². The molecule has 25 heavy (non-hydrogen) atoms. The van der Waals surface area contributed by atoms with Crippen molar-refractivity contribution in [3.8, 4) is 0 Å². The maximum atomic E-state index is 13.4. The first-order valence-corrected chi connectivity index (χ1v) is 7.97. The summed E-state index contributed by atoms with van der Waals surface area (Å²) in [5, 5.41) is 11.2. The van der Waals surface area contributed by atoms with E-state index in [1.807, 2.05) is 0 Å². The normalized spacial score (nSPS) is 11.5. The van der Waals surface area contributed by atoms with E-state index in [1.165, 1.54) is 17.0 Å². The van der Waals surface area contributed by atoms with Gasteiger partial charge in [0.1, 0.15) is 0 Å². The summed E-state index contributed by atoms with van der Waals surface area (Å²) in [6, 6.07) is 5.20. The Bertz CT molecular complexity index is 805. The Morgan fingerprint density at radius 1 is 1.12 bits per heavy atom. The molecule has 0 heterocycles. The number of nitro benzene ring substituents is 1. The van der Waals surface area contributed by atoms with Crippen molar-refractivity contribution in [1.82, 2.24) is 0 Å². The third-order valence-electron chi connectivity index (χ3n) is 3.35. The lowest BCUT2D eigenvalue weighted by atomic mass is 10.1. The third-order valence-corrected chi connectivity index (χ3v) is 4.15. The molecule has 0 atom stereocenters. The first-order valence-electron chi connectivity index (χ1n) is 6.84. The van der Waals surface area contributed by atoms with Crippen LogP contribution in [0.25, 0.3) is 0 Å². The van der Waals surface area contributed by atoms with E-state index in [2.05, 4.69) is 0 Å². The maximum Gasteiger partial charge on any atom is 0.418 e. The molecule has 0 bridgehead atoms. The van der Waals surface area contributed by atoms with Gasteiger partial charge in [0.2, 0.25) is 0 Å². The third kappa shape index (κ3) is 4.11. The molecule has 4 nitrogen and oxygen atoms in total. The molecule has 0 saturated carbocycles. The monoisotopic (exact) mass is 412 g/mol. The lowest BCUT2D eigenvalue weighted by molar-refractivity contribution is -0.385. The van der Waals surface area contributed by atoms with Crippen LogP contribution < -0.4 is 4.90 Å². The molecule has 0 spiro atoms. The number of hydrogen-bond donors (Lipinski definition) is 0. The van der Waals surface area contributed by atoms with Crippen LogP contribution in [0.3, 0.4) is 0 Å². The van der Waals surface area contributed by atoms with Crippen LogP contribution in [0.5, 0.6) is 0 Å². The summed E-state index contributed by atoms with van der Waals surface area (Å²) in [5.41, 5.74) is -1.99. The SMILES string of the molecule is CCN(c1ccc([N+](=O)[O-])cc1C(F)(F)F)c1c(Cl)cc(Cl)cc1Cl. The highest BCUT2D eigenvalue weighted by molar-refractivity contribution is 6.42. The second kappa shape index (κ2) is 7.27. The number of halogens is 6. The van der Waals surface area contributed by atoms with E-state index in [1.54, 1.807) is 6.92 Å². The van der Waals surface area contributed by atoms with Crippen LogP contribution in [-0.2, 0) is 6.18 Å². The van der Waals surface area contributed by atoms with E-state index in [4.69, 9.17) is 34.8 Å². The Hall–Kier alpha value is -1.70. The molecule has 10 heteroatoms. The zero-order valence-corrected chi connectivity index (χ0v) is 14.8. The molecule has 0 aliphatic rings. The second-order valence-electron chi connectivity index (χ2n) is 4.92. The summed E-state index contributed by atoms with van der Waals surface area (Å²) in [6.07, 6.45) is -4.81. The van der Waals surface area contributed by atoms with Crippen molar-refractivity contribution in [3.63, 3.8) is 0 Å². The topological polar surface area (TPSA) is 46.4 Å². The lowest BCUT2D eigenvalue weighted by Gasteiger charge is -2.28. The number of alkyl halides is 3. The molecule has 0 aromatic heterocycles. The molecule has 0 aliphatic carbocycles. The van der Waals surface area contributed by atoms with E-state index in [-0.39, 0.29) is 33.0 Å². The van der Waals surface area contributed by atoms with Crippen LogP contribution in [0.4, 0.5) is 30.2 Å². The van der Waals surface area contributed by atoms with Crippen molar-refractivity contribution in [2.75, 3.05) is 11.4 Å². The van der Waals surface area contributed by atoms with Gasteiger partial charge in [0.25, 0.3) is 5.69 Å². The highest BCUT2D eigenvalue weighted by Gasteiger charge is 2.37. The van der Waals surface area contributed by atoms with Crippen molar-refractivity contribution in [2.24, 2.45) is 0 Å². The zero-order chi connectivity index (χ0) is 18.9. The van der Waals surface area contributed by atoms with Gasteiger partial charge in [0.05, 0.1) is 31.9 Å². The summed E-state index contributed by atoms with van der Waals surface area (Å²) in [7, 11) is 0. The second-order valence-corrected chi connectivity index (χ2v) is 6.17. The van der Waals surface area contributed by atoms with Crippen molar-refractivity contribution in [1.29, 1.82) is 0 Å². The van der Waals surface area contributed by atoms with Crippen LogP contribution in [-0.4, -0.2) is 11.5 Å². The van der Waals surface area contributed by atoms with E-state index in [0.29, 0.717) is 6.07 Å². The molecule has 2 rings (SSSR count). The van der Waals surface area contributed by atoms with Gasteiger partial charge in [-0.2, -0.15) is 13.2 Å². The predicted octanol–water partition coefficient (Wildman–Crippen LogP) is 6.73. The molecule has 0 aliphatic heterocycles. The number of nitrogens with zero attached hydrogens (tertiary/aromatic N) is 2. The van der Waals surface area contributed by atoms with Crippen LogP contribution in [0.2, 0.25) is 15.1 Å². The molecular formula is C15H10Cl3F3N2O2. The van der Waals surface area contributed by atoms with Crippen molar-refractivity contribution < 1.29 is 18.1 Å². The highest BCUT2D eigenvalue weighted by atomic mass is 35.5. The van der Waals surface area contributed by atoms with Crippen LogP contribution in [0, 0.1) is 10.1 Å². The standard InChI is InChI=1S/C15H10Cl3F3N2O2/c1-2-22(14-11(17)5-8(16)6-12(14)18)13-4-3-9(23(24)25)7-10(13)15(19,20)21/h3-7H,2H2,1H3. The minimum atomic E-state index is -4.81. The van der Waals surface area contributed by atoms with Gasteiger partial charge in [-0.25, -0.2) is 0 Å². The van der Waals surface area contributed by atoms with Gasteiger partial charge in [-0.1, -0.05) is 34.8 Å². The number of nitro groups is 1. The summed E-state index contributed by atoms with van der Waals surface area (Å²) in [6.45, 7) is 1.69. The maximum absolute atomic E-state index is 13.4. The highest BCUT2D eigenvalue weighted by Crippen LogP contribution is 2.45. The van der Waals surface area contributed by atoms with E-state index in [0.717, 1.165) is 12.1 Å². The average molecular weight is 414 g/mol. The molecule has 2 aromatic rings. The zero-order valence-electron chi connectivity index (χ0n) is 12.6. The van der Waals surface area contributed by atoms with Crippen molar-refractivity contribution in [3.05, 3.63) is 61.1 Å². The Labute approximate surface area is 155 Å². The lowest BCUT2D eigenvalue weighted by Crippen LogP contribution is -2.21. The summed E-state index contributed by atoms with van der Waals surface area (Å²) in [5.74, 6) is 0. The molecule has 0 saturated heterocycles. The minimum absolute atomic E-state index is 0.0610. The van der Waals surface area contributed by atoms with Gasteiger partial charge in [-0.3, -0.25) is 10.1 Å². The number of hydrogen-bond acceptors (Lipinski definition) is 3. The fraction of sp³-hybridized carbons (Fsp3) is 0.200. The van der Waals surface area contributed by atoms with E-state index in [9.17, 15) is 23.3 Å². The summed E-state index contributed by atoms with van der Waals surface area (Å²) < 4.78 is 40.3. The molecule has 0 amide bonds. The fourth-order valence-corrected chi connectivity index (χ4v) is 3.36. The van der Waals surface area contributed by atoms with E-state index < -0.39 is 22.4 Å². The minimum Gasteiger partial charge on any atom is -0.339 e. The van der Waals surface area contributed by atoms with Crippen molar-refractivity contribution in [2.45, 2.75) is 13.1 Å². The Morgan fingerprint density at radius 3 is 2.12 bits per heavy atom. The smallest absolute Gasteiger partial charge is 0.339 e. The van der Waals surface area contributed by atoms with Crippen LogP contribution >= 0.6 is 34.8 Å². The molecule has 0 radical (unpaired) electrons. The van der Waals surface area contributed by atoms with Gasteiger partial charge in [0.15, 0.2) is 0 Å². The van der Waals surface area contributed by atoms with E-state index >= 15 is 0 Å². The molecule has 0 N–H and O–H groups in total. The number of non-ortho nitro benzene ring substituents is 1. The van der Waals surface area contributed by atoms with Gasteiger partial charge in [-0.15, -0.1) is 0 Å².